The minimum Gasteiger partial charge on any atom is -0.397 e. The molecular formula is C13H18ClN3OS. The fraction of sp³-hybridized carbons (Fsp3) is 0.538. The van der Waals surface area contributed by atoms with Crippen LogP contribution in [0.1, 0.15) is 36.5 Å². The maximum Gasteiger partial charge on any atom is 0.253 e. The first kappa shape index (κ1) is 14.5. The highest BCUT2D eigenvalue weighted by molar-refractivity contribution is 7.99. The normalized spacial score (nSPS) is 22.4. The van der Waals surface area contributed by atoms with Crippen LogP contribution in [0.15, 0.2) is 12.3 Å². The van der Waals surface area contributed by atoms with E-state index in [9.17, 15) is 4.79 Å². The molecule has 1 saturated carbocycles. The number of thioether (sulfide) groups is 1. The number of pyridine rings is 1. The van der Waals surface area contributed by atoms with E-state index in [2.05, 4.69) is 17.2 Å². The van der Waals surface area contributed by atoms with Crippen LogP contribution in [0.25, 0.3) is 0 Å². The number of anilines is 1. The van der Waals surface area contributed by atoms with Crippen LogP contribution in [0.4, 0.5) is 5.69 Å². The largest absolute Gasteiger partial charge is 0.397 e. The molecule has 0 radical (unpaired) electrons. The van der Waals surface area contributed by atoms with Gasteiger partial charge in [0.25, 0.3) is 5.91 Å². The summed E-state index contributed by atoms with van der Waals surface area (Å²) in [6.07, 6.45) is 4.78. The van der Waals surface area contributed by atoms with Gasteiger partial charge in [-0.15, -0.1) is 0 Å². The highest BCUT2D eigenvalue weighted by Crippen LogP contribution is 2.30. The van der Waals surface area contributed by atoms with Crippen molar-refractivity contribution >= 4 is 35.0 Å². The molecule has 0 aliphatic heterocycles. The van der Waals surface area contributed by atoms with Crippen molar-refractivity contribution in [1.82, 2.24) is 10.3 Å². The second-order valence-electron chi connectivity index (χ2n) is 4.60. The van der Waals surface area contributed by atoms with Gasteiger partial charge in [0.05, 0.1) is 17.4 Å². The molecule has 2 unspecified atom stereocenters. The molecule has 0 bridgehead atoms. The molecule has 1 aromatic heterocycles. The second kappa shape index (κ2) is 6.48. The lowest BCUT2D eigenvalue weighted by Gasteiger charge is -2.20. The quantitative estimate of drug-likeness (QED) is 0.839. The summed E-state index contributed by atoms with van der Waals surface area (Å²) in [6, 6.07) is 1.74. The Hall–Kier alpha value is -0.940. The van der Waals surface area contributed by atoms with Crippen molar-refractivity contribution in [2.24, 2.45) is 0 Å². The Labute approximate surface area is 122 Å². The van der Waals surface area contributed by atoms with Gasteiger partial charge in [-0.05, 0) is 24.7 Å². The molecule has 2 rings (SSSR count). The van der Waals surface area contributed by atoms with Crippen LogP contribution < -0.4 is 11.1 Å². The number of amides is 1. The molecule has 104 valence electrons. The zero-order chi connectivity index (χ0) is 13.8. The number of nitrogens with two attached hydrogens (primary N) is 1. The van der Waals surface area contributed by atoms with Crippen LogP contribution in [-0.4, -0.2) is 27.9 Å². The minimum absolute atomic E-state index is 0.157. The van der Waals surface area contributed by atoms with Crippen molar-refractivity contribution in [2.45, 2.75) is 37.5 Å². The number of hydrogen-bond acceptors (Lipinski definition) is 4. The first-order valence-corrected chi connectivity index (χ1v) is 7.88. The number of nitrogens with one attached hydrogen (secondary N) is 1. The lowest BCUT2D eigenvalue weighted by molar-refractivity contribution is 0.0939. The average Bonchev–Trinajstić information content (AvgIpc) is 2.80. The van der Waals surface area contributed by atoms with Gasteiger partial charge in [-0.25, -0.2) is 4.98 Å². The number of halogens is 1. The van der Waals surface area contributed by atoms with E-state index in [4.69, 9.17) is 17.3 Å². The smallest absolute Gasteiger partial charge is 0.253 e. The van der Waals surface area contributed by atoms with Crippen LogP contribution in [-0.2, 0) is 0 Å². The van der Waals surface area contributed by atoms with Crippen molar-refractivity contribution in [1.29, 1.82) is 0 Å². The zero-order valence-electron chi connectivity index (χ0n) is 10.9. The Kier molecular flexibility index (Phi) is 4.93. The van der Waals surface area contributed by atoms with Crippen molar-refractivity contribution in [3.05, 3.63) is 23.0 Å². The number of carbonyl (C=O) groups excluding carboxylic acids is 1. The molecule has 1 aromatic rings. The molecule has 2 atom stereocenters. The minimum atomic E-state index is -0.157. The molecule has 19 heavy (non-hydrogen) atoms. The van der Waals surface area contributed by atoms with Crippen LogP contribution in [0.3, 0.4) is 0 Å². The van der Waals surface area contributed by atoms with E-state index in [1.807, 2.05) is 11.8 Å². The Morgan fingerprint density at radius 2 is 2.42 bits per heavy atom. The van der Waals surface area contributed by atoms with Crippen LogP contribution in [0.5, 0.6) is 0 Å². The van der Waals surface area contributed by atoms with Crippen molar-refractivity contribution in [2.75, 3.05) is 11.5 Å². The molecule has 3 N–H and O–H groups in total. The first-order chi connectivity index (χ1) is 9.11. The van der Waals surface area contributed by atoms with Gasteiger partial charge in [-0.1, -0.05) is 24.9 Å². The highest BCUT2D eigenvalue weighted by Gasteiger charge is 2.29. The molecule has 0 spiro atoms. The third-order valence-corrected chi connectivity index (χ3v) is 4.83. The van der Waals surface area contributed by atoms with Gasteiger partial charge in [-0.2, -0.15) is 11.8 Å². The summed E-state index contributed by atoms with van der Waals surface area (Å²) >= 11 is 7.71. The van der Waals surface area contributed by atoms with Gasteiger partial charge in [0.15, 0.2) is 0 Å². The van der Waals surface area contributed by atoms with E-state index < -0.39 is 0 Å². The Morgan fingerprint density at radius 3 is 3.16 bits per heavy atom. The maximum atomic E-state index is 12.2. The fourth-order valence-corrected chi connectivity index (χ4v) is 3.74. The molecule has 0 aromatic carbocycles. The van der Waals surface area contributed by atoms with E-state index >= 15 is 0 Å². The van der Waals surface area contributed by atoms with Crippen molar-refractivity contribution in [3.63, 3.8) is 0 Å². The summed E-state index contributed by atoms with van der Waals surface area (Å²) in [6.45, 7) is 2.14. The van der Waals surface area contributed by atoms with Gasteiger partial charge < -0.3 is 11.1 Å². The second-order valence-corrected chi connectivity index (χ2v) is 6.50. The Bertz CT molecular complexity index is 469. The van der Waals surface area contributed by atoms with E-state index in [1.54, 1.807) is 0 Å². The third kappa shape index (κ3) is 3.54. The molecule has 1 amide bonds. The van der Waals surface area contributed by atoms with E-state index in [0.717, 1.165) is 25.0 Å². The summed E-state index contributed by atoms with van der Waals surface area (Å²) in [5.41, 5.74) is 6.54. The van der Waals surface area contributed by atoms with Crippen LogP contribution >= 0.6 is 23.4 Å². The molecule has 0 saturated heterocycles. The lowest BCUT2D eigenvalue weighted by atomic mass is 10.2. The molecule has 4 nitrogen and oxygen atoms in total. The number of nitrogen functional groups attached to an aromatic ring is 1. The molecule has 1 heterocycles. The van der Waals surface area contributed by atoms with Gasteiger partial charge in [0, 0.05) is 11.3 Å². The van der Waals surface area contributed by atoms with E-state index in [-0.39, 0.29) is 17.1 Å². The first-order valence-electron chi connectivity index (χ1n) is 6.45. The summed E-state index contributed by atoms with van der Waals surface area (Å²) in [5, 5.41) is 3.86. The molecular weight excluding hydrogens is 282 g/mol. The predicted octanol–water partition coefficient (Wildman–Crippen LogP) is 2.72. The summed E-state index contributed by atoms with van der Waals surface area (Å²) in [5.74, 6) is 0.913. The summed E-state index contributed by atoms with van der Waals surface area (Å²) in [4.78, 5) is 16.1. The van der Waals surface area contributed by atoms with Gasteiger partial charge in [0.1, 0.15) is 5.15 Å². The van der Waals surface area contributed by atoms with E-state index in [1.165, 1.54) is 12.3 Å². The lowest BCUT2D eigenvalue weighted by Crippen LogP contribution is -2.39. The van der Waals surface area contributed by atoms with Gasteiger partial charge in [0.2, 0.25) is 0 Å². The molecule has 1 fully saturated rings. The maximum absolute atomic E-state index is 12.2. The van der Waals surface area contributed by atoms with Crippen molar-refractivity contribution in [3.8, 4) is 0 Å². The summed E-state index contributed by atoms with van der Waals surface area (Å²) < 4.78 is 0. The predicted molar refractivity (Wildman–Crippen MR) is 80.7 cm³/mol. The van der Waals surface area contributed by atoms with Crippen molar-refractivity contribution < 1.29 is 4.79 Å². The number of hydrogen-bond donors (Lipinski definition) is 2. The fourth-order valence-electron chi connectivity index (χ4n) is 2.39. The summed E-state index contributed by atoms with van der Waals surface area (Å²) in [7, 11) is 0. The molecule has 1 aliphatic rings. The zero-order valence-corrected chi connectivity index (χ0v) is 12.4. The SMILES string of the molecule is CCSC1CCCC1NC(=O)c1cc(Cl)ncc1N. The number of rotatable bonds is 4. The van der Waals surface area contributed by atoms with Gasteiger partial charge in [-0.3, -0.25) is 4.79 Å². The number of carbonyl (C=O) groups is 1. The molecule has 6 heteroatoms. The highest BCUT2D eigenvalue weighted by atomic mass is 35.5. The standard InChI is InChI=1S/C13H18ClN3OS/c1-2-19-11-5-3-4-10(11)17-13(18)8-6-12(14)16-7-9(8)15/h6-7,10-11H,2-5,15H2,1H3,(H,17,18). The third-order valence-electron chi connectivity index (χ3n) is 3.30. The monoisotopic (exact) mass is 299 g/mol. The number of nitrogens with zero attached hydrogens (tertiary/aromatic N) is 1. The average molecular weight is 300 g/mol. The van der Waals surface area contributed by atoms with Crippen LogP contribution in [0.2, 0.25) is 5.15 Å². The van der Waals surface area contributed by atoms with Crippen LogP contribution in [0, 0.1) is 0 Å². The topological polar surface area (TPSA) is 68.0 Å². The Balaban J connectivity index is 2.06. The van der Waals surface area contributed by atoms with E-state index in [0.29, 0.717) is 16.5 Å². The molecule has 1 aliphatic carbocycles. The Morgan fingerprint density at radius 1 is 1.63 bits per heavy atom. The number of aromatic nitrogens is 1. The van der Waals surface area contributed by atoms with Gasteiger partial charge >= 0.3 is 0 Å².